The van der Waals surface area contributed by atoms with Gasteiger partial charge in [0.2, 0.25) is 10.0 Å². The third-order valence-electron chi connectivity index (χ3n) is 3.84. The Morgan fingerprint density at radius 1 is 1.32 bits per heavy atom. The summed E-state index contributed by atoms with van der Waals surface area (Å²) < 4.78 is 31.8. The van der Waals surface area contributed by atoms with Gasteiger partial charge in [-0.1, -0.05) is 11.6 Å². The highest BCUT2D eigenvalue weighted by molar-refractivity contribution is 7.89. The molecule has 1 aromatic heterocycles. The Labute approximate surface area is 150 Å². The van der Waals surface area contributed by atoms with Crippen LogP contribution in [0.3, 0.4) is 0 Å². The number of hydrogen-bond donors (Lipinski definition) is 1. The van der Waals surface area contributed by atoms with Crippen LogP contribution in [0.4, 0.5) is 0 Å². The highest BCUT2D eigenvalue weighted by Crippen LogP contribution is 2.27. The molecule has 1 fully saturated rings. The molecule has 1 aromatic carbocycles. The molecule has 0 unspecified atom stereocenters. The standard InChI is InChI=1S/C16H16ClN3O4S/c17-12-5-7-14(8-6-12)25(22,23)20-9-1-4-15(20)16(21)19-18-11-13-3-2-10-24-13/h2-3,5-8,10-11,15H,1,4,9H2,(H,19,21)/b18-11-/t15-/m1/s1. The summed E-state index contributed by atoms with van der Waals surface area (Å²) in [5.74, 6) is 0.00945. The molecular formula is C16H16ClN3O4S. The molecule has 3 rings (SSSR count). The van der Waals surface area contributed by atoms with Gasteiger partial charge in [0.15, 0.2) is 0 Å². The molecule has 1 aliphatic heterocycles. The molecule has 2 heterocycles. The van der Waals surface area contributed by atoms with Gasteiger partial charge in [0.05, 0.1) is 17.4 Å². The van der Waals surface area contributed by atoms with Crippen molar-refractivity contribution in [2.24, 2.45) is 5.10 Å². The average Bonchev–Trinajstić information content (AvgIpc) is 3.27. The molecule has 1 aliphatic rings. The number of hydrogen-bond acceptors (Lipinski definition) is 5. The number of furan rings is 1. The Balaban J connectivity index is 1.73. The Bertz CT molecular complexity index is 863. The largest absolute Gasteiger partial charge is 0.463 e. The van der Waals surface area contributed by atoms with Gasteiger partial charge in [-0.15, -0.1) is 0 Å². The van der Waals surface area contributed by atoms with Crippen molar-refractivity contribution in [3.05, 3.63) is 53.4 Å². The van der Waals surface area contributed by atoms with E-state index in [9.17, 15) is 13.2 Å². The van der Waals surface area contributed by atoms with E-state index >= 15 is 0 Å². The Morgan fingerprint density at radius 3 is 2.76 bits per heavy atom. The quantitative estimate of drug-likeness (QED) is 0.635. The molecule has 1 saturated heterocycles. The molecule has 1 amide bonds. The van der Waals surface area contributed by atoms with Crippen LogP contribution >= 0.6 is 11.6 Å². The maximum Gasteiger partial charge on any atom is 0.258 e. The first kappa shape index (κ1) is 17.7. The smallest absolute Gasteiger partial charge is 0.258 e. The van der Waals surface area contributed by atoms with Gasteiger partial charge >= 0.3 is 0 Å². The highest BCUT2D eigenvalue weighted by Gasteiger charge is 2.39. The second kappa shape index (κ2) is 7.38. The molecule has 1 N–H and O–H groups in total. The molecule has 0 radical (unpaired) electrons. The van der Waals surface area contributed by atoms with E-state index in [4.69, 9.17) is 16.0 Å². The summed E-state index contributed by atoms with van der Waals surface area (Å²) >= 11 is 5.80. The summed E-state index contributed by atoms with van der Waals surface area (Å²) in [6.07, 6.45) is 3.88. The lowest BCUT2D eigenvalue weighted by Gasteiger charge is -2.22. The van der Waals surface area contributed by atoms with Gasteiger partial charge in [0.25, 0.3) is 5.91 Å². The van der Waals surface area contributed by atoms with Crippen molar-refractivity contribution < 1.29 is 17.6 Å². The molecule has 0 aliphatic carbocycles. The first-order valence-electron chi connectivity index (χ1n) is 7.62. The van der Waals surface area contributed by atoms with E-state index < -0.39 is 22.0 Å². The third-order valence-corrected chi connectivity index (χ3v) is 6.01. The second-order valence-electron chi connectivity index (χ2n) is 5.48. The van der Waals surface area contributed by atoms with Crippen molar-refractivity contribution in [1.82, 2.24) is 9.73 Å². The van der Waals surface area contributed by atoms with Crippen molar-refractivity contribution >= 4 is 33.7 Å². The van der Waals surface area contributed by atoms with Crippen LogP contribution in [0.2, 0.25) is 5.02 Å². The summed E-state index contributed by atoms with van der Waals surface area (Å²) in [5, 5.41) is 4.25. The van der Waals surface area contributed by atoms with Gasteiger partial charge in [-0.05, 0) is 49.2 Å². The van der Waals surface area contributed by atoms with E-state index in [1.807, 2.05) is 0 Å². The van der Waals surface area contributed by atoms with Gasteiger partial charge in [0, 0.05) is 11.6 Å². The molecule has 7 nitrogen and oxygen atoms in total. The maximum absolute atomic E-state index is 12.8. The Morgan fingerprint density at radius 2 is 2.08 bits per heavy atom. The molecule has 25 heavy (non-hydrogen) atoms. The fourth-order valence-corrected chi connectivity index (χ4v) is 4.41. The third kappa shape index (κ3) is 3.92. The first-order chi connectivity index (χ1) is 12.0. The van der Waals surface area contributed by atoms with Gasteiger partial charge in [-0.3, -0.25) is 4.79 Å². The van der Waals surface area contributed by atoms with E-state index in [1.54, 1.807) is 12.1 Å². The van der Waals surface area contributed by atoms with Crippen LogP contribution in [0.25, 0.3) is 0 Å². The van der Waals surface area contributed by atoms with Crippen molar-refractivity contribution in [1.29, 1.82) is 0 Å². The van der Waals surface area contributed by atoms with Crippen molar-refractivity contribution in [3.63, 3.8) is 0 Å². The van der Waals surface area contributed by atoms with Crippen LogP contribution in [0.1, 0.15) is 18.6 Å². The molecule has 0 spiro atoms. The second-order valence-corrected chi connectivity index (χ2v) is 7.80. The minimum atomic E-state index is -3.77. The molecule has 132 valence electrons. The predicted molar refractivity (Wildman–Crippen MR) is 92.8 cm³/mol. The van der Waals surface area contributed by atoms with Crippen molar-refractivity contribution in [2.75, 3.05) is 6.54 Å². The molecule has 9 heteroatoms. The highest BCUT2D eigenvalue weighted by atomic mass is 35.5. The van der Waals surface area contributed by atoms with Gasteiger partial charge in [-0.2, -0.15) is 9.41 Å². The number of carbonyl (C=O) groups is 1. The minimum Gasteiger partial charge on any atom is -0.463 e. The van der Waals surface area contributed by atoms with E-state index in [2.05, 4.69) is 10.5 Å². The van der Waals surface area contributed by atoms with E-state index in [0.717, 1.165) is 0 Å². The number of halogens is 1. The summed E-state index contributed by atoms with van der Waals surface area (Å²) in [7, 11) is -3.77. The van der Waals surface area contributed by atoms with E-state index in [0.29, 0.717) is 23.6 Å². The molecular weight excluding hydrogens is 366 g/mol. The Kier molecular flexibility index (Phi) is 5.22. The number of sulfonamides is 1. The van der Waals surface area contributed by atoms with Crippen LogP contribution in [0.15, 0.2) is 57.1 Å². The van der Waals surface area contributed by atoms with Gasteiger partial charge in [-0.25, -0.2) is 13.8 Å². The monoisotopic (exact) mass is 381 g/mol. The normalized spacial score (nSPS) is 18.7. The minimum absolute atomic E-state index is 0.107. The SMILES string of the molecule is O=C(N/N=C\c1ccco1)[C@H]1CCCN1S(=O)(=O)c1ccc(Cl)cc1. The number of rotatable bonds is 5. The number of carbonyl (C=O) groups excluding carboxylic acids is 1. The fourth-order valence-electron chi connectivity index (χ4n) is 2.63. The lowest BCUT2D eigenvalue weighted by molar-refractivity contribution is -0.124. The van der Waals surface area contributed by atoms with Crippen LogP contribution in [0.5, 0.6) is 0 Å². The zero-order valence-corrected chi connectivity index (χ0v) is 14.7. The average molecular weight is 382 g/mol. The number of nitrogens with zero attached hydrogens (tertiary/aromatic N) is 2. The van der Waals surface area contributed by atoms with Gasteiger partial charge < -0.3 is 4.42 Å². The number of benzene rings is 1. The molecule has 2 aromatic rings. The van der Waals surface area contributed by atoms with E-state index in [1.165, 1.54) is 41.0 Å². The van der Waals surface area contributed by atoms with Crippen molar-refractivity contribution in [2.45, 2.75) is 23.8 Å². The van der Waals surface area contributed by atoms with E-state index in [-0.39, 0.29) is 11.4 Å². The lowest BCUT2D eigenvalue weighted by Crippen LogP contribution is -2.44. The Hall–Kier alpha value is -2.16. The fraction of sp³-hybridized carbons (Fsp3) is 0.250. The van der Waals surface area contributed by atoms with Crippen LogP contribution < -0.4 is 5.43 Å². The first-order valence-corrected chi connectivity index (χ1v) is 9.44. The predicted octanol–water partition coefficient (Wildman–Crippen LogP) is 2.24. The van der Waals surface area contributed by atoms with Gasteiger partial charge in [0.1, 0.15) is 11.8 Å². The molecule has 1 atom stereocenters. The number of nitrogens with one attached hydrogen (secondary N) is 1. The zero-order valence-electron chi connectivity index (χ0n) is 13.1. The maximum atomic E-state index is 12.8. The van der Waals surface area contributed by atoms with Crippen LogP contribution in [-0.2, 0) is 14.8 Å². The summed E-state index contributed by atoms with van der Waals surface area (Å²) in [4.78, 5) is 12.4. The number of amides is 1. The zero-order chi connectivity index (χ0) is 17.9. The topological polar surface area (TPSA) is 92.0 Å². The number of hydrazone groups is 1. The molecule has 0 bridgehead atoms. The summed E-state index contributed by atoms with van der Waals surface area (Å²) in [6.45, 7) is 0.283. The summed E-state index contributed by atoms with van der Waals surface area (Å²) in [6, 6.07) is 8.46. The van der Waals surface area contributed by atoms with Crippen LogP contribution in [0, 0.1) is 0 Å². The van der Waals surface area contributed by atoms with Crippen LogP contribution in [-0.4, -0.2) is 37.4 Å². The summed E-state index contributed by atoms with van der Waals surface area (Å²) in [5.41, 5.74) is 2.37. The van der Waals surface area contributed by atoms with Crippen molar-refractivity contribution in [3.8, 4) is 0 Å². The lowest BCUT2D eigenvalue weighted by atomic mass is 10.2. The molecule has 0 saturated carbocycles.